The van der Waals surface area contributed by atoms with Crippen molar-refractivity contribution in [3.05, 3.63) is 22.8 Å². The average Bonchev–Trinajstić information content (AvgIpc) is 2.96. The Morgan fingerprint density at radius 2 is 1.68 bits per heavy atom. The minimum absolute atomic E-state index is 0.0465. The van der Waals surface area contributed by atoms with Gasteiger partial charge in [-0.15, -0.1) is 0 Å². The van der Waals surface area contributed by atoms with Crippen molar-refractivity contribution < 1.29 is 5.11 Å². The first-order chi connectivity index (χ1) is 14.4. The van der Waals surface area contributed by atoms with E-state index in [4.69, 9.17) is 0 Å². The lowest BCUT2D eigenvalue weighted by Gasteiger charge is -2.62. The normalized spacial score (nSPS) is 44.9. The number of hydrogen-bond acceptors (Lipinski definition) is 1. The molecule has 4 rings (SSSR count). The van der Waals surface area contributed by atoms with E-state index in [0.717, 1.165) is 18.3 Å². The minimum Gasteiger partial charge on any atom is -0.393 e. The first-order valence-corrected chi connectivity index (χ1v) is 13.4. The van der Waals surface area contributed by atoms with Gasteiger partial charge in [-0.3, -0.25) is 0 Å². The lowest BCUT2D eigenvalue weighted by molar-refractivity contribution is -0.0962. The van der Waals surface area contributed by atoms with Gasteiger partial charge in [-0.25, -0.2) is 0 Å². The maximum absolute atomic E-state index is 10.8. The number of rotatable bonds is 4. The van der Waals surface area contributed by atoms with Crippen molar-refractivity contribution in [1.82, 2.24) is 0 Å². The fourth-order valence-corrected chi connectivity index (χ4v) is 9.47. The second-order valence-corrected chi connectivity index (χ2v) is 13.6. The molecule has 0 spiro atoms. The van der Waals surface area contributed by atoms with E-state index in [1.54, 1.807) is 0 Å². The van der Waals surface area contributed by atoms with Gasteiger partial charge in [0.15, 0.2) is 0 Å². The number of allylic oxidation sites excluding steroid dienone is 4. The van der Waals surface area contributed by atoms with Crippen molar-refractivity contribution in [3.63, 3.8) is 0 Å². The van der Waals surface area contributed by atoms with Crippen molar-refractivity contribution >= 4 is 0 Å². The van der Waals surface area contributed by atoms with Crippen LogP contribution in [0.5, 0.6) is 0 Å². The zero-order valence-corrected chi connectivity index (χ0v) is 21.9. The van der Waals surface area contributed by atoms with Gasteiger partial charge in [0.2, 0.25) is 0 Å². The van der Waals surface area contributed by atoms with Crippen molar-refractivity contribution in [2.24, 2.45) is 39.4 Å². The highest BCUT2D eigenvalue weighted by Gasteiger charge is 2.63. The van der Waals surface area contributed by atoms with Crippen LogP contribution in [0.3, 0.4) is 0 Å². The van der Waals surface area contributed by atoms with E-state index in [2.05, 4.69) is 61.5 Å². The summed E-state index contributed by atoms with van der Waals surface area (Å²) in [6.07, 6.45) is 15.2. The summed E-state index contributed by atoms with van der Waals surface area (Å²) < 4.78 is 0. The summed E-state index contributed by atoms with van der Waals surface area (Å²) in [5.74, 6) is 2.32. The molecular formula is C30H50O. The standard InChI is InChI=1S/C30H50O/c1-20(2)10-9-11-21(3)22-14-18-30(8)24-12-13-25-27(4,5)26(31)16-17-28(25,6)23(24)15-19-29(22,30)7/h10,21-22,25-26,31H,9,11-19H2,1-8H3/t21-,22?,25+,26+,28-,29+,30-/m1/s1. The summed E-state index contributed by atoms with van der Waals surface area (Å²) in [5, 5.41) is 10.8. The van der Waals surface area contributed by atoms with Crippen LogP contribution in [-0.4, -0.2) is 11.2 Å². The van der Waals surface area contributed by atoms with Crippen LogP contribution in [0.1, 0.15) is 120 Å². The fourth-order valence-electron chi connectivity index (χ4n) is 9.47. The number of fused-ring (bicyclic) bond motifs is 4. The Kier molecular flexibility index (Phi) is 5.90. The molecule has 0 amide bonds. The molecule has 4 aliphatic rings. The van der Waals surface area contributed by atoms with Crippen LogP contribution in [0.4, 0.5) is 0 Å². The van der Waals surface area contributed by atoms with Crippen LogP contribution in [-0.2, 0) is 0 Å². The van der Waals surface area contributed by atoms with Gasteiger partial charge in [0.05, 0.1) is 6.10 Å². The molecule has 1 unspecified atom stereocenters. The van der Waals surface area contributed by atoms with Crippen LogP contribution >= 0.6 is 0 Å². The molecule has 0 radical (unpaired) electrons. The predicted molar refractivity (Wildman–Crippen MR) is 133 cm³/mol. The van der Waals surface area contributed by atoms with Gasteiger partial charge in [0, 0.05) is 0 Å². The molecule has 0 heterocycles. The Morgan fingerprint density at radius 3 is 2.35 bits per heavy atom. The van der Waals surface area contributed by atoms with E-state index in [1.807, 2.05) is 11.1 Å². The Morgan fingerprint density at radius 1 is 0.968 bits per heavy atom. The molecule has 0 aliphatic heterocycles. The molecule has 0 bridgehead atoms. The molecular weight excluding hydrogens is 376 g/mol. The molecule has 31 heavy (non-hydrogen) atoms. The van der Waals surface area contributed by atoms with Crippen molar-refractivity contribution in [3.8, 4) is 0 Å². The Balaban J connectivity index is 1.65. The molecule has 0 aromatic rings. The first-order valence-electron chi connectivity index (χ1n) is 13.4. The summed E-state index contributed by atoms with van der Waals surface area (Å²) in [6, 6.07) is 0. The lowest BCUT2D eigenvalue weighted by Crippen LogP contribution is -2.55. The van der Waals surface area contributed by atoms with Gasteiger partial charge in [-0.1, -0.05) is 64.3 Å². The predicted octanol–water partition coefficient (Wildman–Crippen LogP) is 8.48. The quantitative estimate of drug-likeness (QED) is 0.447. The topological polar surface area (TPSA) is 20.2 Å². The maximum atomic E-state index is 10.8. The highest BCUT2D eigenvalue weighted by atomic mass is 16.3. The largest absolute Gasteiger partial charge is 0.393 e. The van der Waals surface area contributed by atoms with Gasteiger partial charge in [-0.2, -0.15) is 0 Å². The van der Waals surface area contributed by atoms with Crippen LogP contribution < -0.4 is 0 Å². The minimum atomic E-state index is -0.130. The summed E-state index contributed by atoms with van der Waals surface area (Å²) in [5.41, 5.74) is 6.41. The van der Waals surface area contributed by atoms with E-state index in [-0.39, 0.29) is 11.5 Å². The summed E-state index contributed by atoms with van der Waals surface area (Å²) in [7, 11) is 0. The van der Waals surface area contributed by atoms with E-state index in [1.165, 1.54) is 63.4 Å². The third kappa shape index (κ3) is 3.34. The van der Waals surface area contributed by atoms with Crippen LogP contribution in [0.25, 0.3) is 0 Å². The molecule has 2 fully saturated rings. The van der Waals surface area contributed by atoms with E-state index < -0.39 is 0 Å². The molecule has 2 saturated carbocycles. The summed E-state index contributed by atoms with van der Waals surface area (Å²) >= 11 is 0. The third-order valence-corrected chi connectivity index (χ3v) is 11.7. The van der Waals surface area contributed by atoms with E-state index in [0.29, 0.717) is 22.2 Å². The van der Waals surface area contributed by atoms with Crippen LogP contribution in [0.2, 0.25) is 0 Å². The summed E-state index contributed by atoms with van der Waals surface area (Å²) in [6.45, 7) is 19.6. The SMILES string of the molecule is CC(C)=CCC[C@@H](C)C1CC[C@]2(C)C3=C(CC[C@@]12C)[C@@]1(C)CC[C@H](O)C(C)(C)[C@@H]1CC3. The van der Waals surface area contributed by atoms with Gasteiger partial charge < -0.3 is 5.11 Å². The molecule has 7 atom stereocenters. The lowest BCUT2D eigenvalue weighted by atomic mass is 9.43. The zero-order chi connectivity index (χ0) is 22.8. The zero-order valence-electron chi connectivity index (χ0n) is 21.9. The molecule has 176 valence electrons. The van der Waals surface area contributed by atoms with Crippen LogP contribution in [0.15, 0.2) is 22.8 Å². The Labute approximate surface area is 193 Å². The molecule has 4 aliphatic carbocycles. The van der Waals surface area contributed by atoms with Crippen molar-refractivity contribution in [2.75, 3.05) is 0 Å². The fraction of sp³-hybridized carbons (Fsp3) is 0.867. The first kappa shape index (κ1) is 23.6. The molecule has 0 saturated heterocycles. The molecule has 0 aromatic carbocycles. The van der Waals surface area contributed by atoms with Crippen molar-refractivity contribution in [2.45, 2.75) is 126 Å². The highest BCUT2D eigenvalue weighted by molar-refractivity contribution is 5.38. The molecule has 1 heteroatoms. The molecule has 1 nitrogen and oxygen atoms in total. The second-order valence-electron chi connectivity index (χ2n) is 13.6. The number of aliphatic hydroxyl groups excluding tert-OH is 1. The number of hydrogen-bond donors (Lipinski definition) is 1. The maximum Gasteiger partial charge on any atom is 0.0594 e. The molecule has 0 aromatic heterocycles. The van der Waals surface area contributed by atoms with E-state index in [9.17, 15) is 5.11 Å². The second kappa shape index (κ2) is 7.75. The van der Waals surface area contributed by atoms with Crippen molar-refractivity contribution in [1.29, 1.82) is 0 Å². The molecule has 1 N–H and O–H groups in total. The van der Waals surface area contributed by atoms with E-state index >= 15 is 0 Å². The van der Waals surface area contributed by atoms with Gasteiger partial charge >= 0.3 is 0 Å². The monoisotopic (exact) mass is 426 g/mol. The Bertz CT molecular complexity index is 767. The average molecular weight is 427 g/mol. The third-order valence-electron chi connectivity index (χ3n) is 11.7. The van der Waals surface area contributed by atoms with Gasteiger partial charge in [-0.05, 0) is 117 Å². The highest BCUT2D eigenvalue weighted by Crippen LogP contribution is 2.72. The van der Waals surface area contributed by atoms with Gasteiger partial charge in [0.1, 0.15) is 0 Å². The number of aliphatic hydroxyl groups is 1. The smallest absolute Gasteiger partial charge is 0.0594 e. The summed E-state index contributed by atoms with van der Waals surface area (Å²) in [4.78, 5) is 0. The van der Waals surface area contributed by atoms with Gasteiger partial charge in [0.25, 0.3) is 0 Å². The van der Waals surface area contributed by atoms with Crippen LogP contribution in [0, 0.1) is 39.4 Å². The Hall–Kier alpha value is -0.560.